The average molecular weight is 650 g/mol. The van der Waals surface area contributed by atoms with Crippen molar-refractivity contribution in [2.75, 3.05) is 24.5 Å². The zero-order valence-corrected chi connectivity index (χ0v) is 27.1. The Labute approximate surface area is 272 Å². The van der Waals surface area contributed by atoms with Crippen molar-refractivity contribution in [2.45, 2.75) is 6.42 Å². The van der Waals surface area contributed by atoms with Gasteiger partial charge in [-0.25, -0.2) is 4.98 Å². The van der Waals surface area contributed by atoms with E-state index in [0.29, 0.717) is 34.3 Å². The molecule has 6 rings (SSSR count). The first-order chi connectivity index (χ1) is 22.0. The quantitative estimate of drug-likeness (QED) is 0.0912. The fraction of sp³-hybridized carbons (Fsp3) is 0.108. The smallest absolute Gasteiger partial charge is 0.264 e. The fourth-order valence-corrected chi connectivity index (χ4v) is 9.99. The number of ketones is 1. The first-order valence-electron chi connectivity index (χ1n) is 14.6. The van der Waals surface area contributed by atoms with Crippen molar-refractivity contribution in [1.82, 2.24) is 4.98 Å². The number of halogens is 1. The lowest BCUT2D eigenvalue weighted by molar-refractivity contribution is -0.118. The molecule has 1 amide bonds. The number of ether oxygens (including phenoxy) is 1. The van der Waals surface area contributed by atoms with E-state index in [0.717, 1.165) is 21.1 Å². The average Bonchev–Trinajstić information content (AvgIpc) is 3.50. The van der Waals surface area contributed by atoms with E-state index in [4.69, 9.17) is 16.3 Å². The van der Waals surface area contributed by atoms with E-state index in [1.807, 2.05) is 60.7 Å². The van der Waals surface area contributed by atoms with Crippen molar-refractivity contribution >= 4 is 73.2 Å². The lowest BCUT2D eigenvalue weighted by Crippen LogP contribution is -2.33. The maximum atomic E-state index is 14.3. The van der Waals surface area contributed by atoms with Crippen LogP contribution in [0, 0.1) is 0 Å². The molecule has 224 valence electrons. The molecule has 5 aromatic carbocycles. The highest BCUT2D eigenvalue weighted by molar-refractivity contribution is 7.95. The van der Waals surface area contributed by atoms with E-state index in [2.05, 4.69) is 71.6 Å². The number of carbonyl (C=O) groups is 2. The summed E-state index contributed by atoms with van der Waals surface area (Å²) in [6.45, 7) is 2.08. The molecule has 0 unspecified atom stereocenters. The van der Waals surface area contributed by atoms with Gasteiger partial charge in [0, 0.05) is 11.4 Å². The third-order valence-corrected chi connectivity index (χ3v) is 12.9. The first-order valence-corrected chi connectivity index (χ1v) is 18.2. The van der Waals surface area contributed by atoms with Crippen LogP contribution in [0.1, 0.15) is 21.5 Å². The number of anilines is 1. The van der Waals surface area contributed by atoms with Gasteiger partial charge in [0.05, 0.1) is 22.4 Å². The maximum Gasteiger partial charge on any atom is 0.264 e. The number of nitrogens with one attached hydrogen (secondary N) is 1. The van der Waals surface area contributed by atoms with Crippen LogP contribution in [-0.4, -0.2) is 35.8 Å². The molecule has 0 saturated carbocycles. The van der Waals surface area contributed by atoms with Gasteiger partial charge in [-0.3, -0.25) is 14.9 Å². The van der Waals surface area contributed by atoms with Crippen LogP contribution in [-0.2, 0) is 11.2 Å². The molecular formula is C37H31ClN2O3PS+. The van der Waals surface area contributed by atoms with Gasteiger partial charge in [0.1, 0.15) is 28.9 Å². The molecule has 6 aromatic rings. The summed E-state index contributed by atoms with van der Waals surface area (Å²) in [5.41, 5.74) is 2.81. The summed E-state index contributed by atoms with van der Waals surface area (Å²) in [7, 11) is -2.15. The van der Waals surface area contributed by atoms with Gasteiger partial charge < -0.3 is 4.74 Å². The van der Waals surface area contributed by atoms with E-state index in [1.165, 1.54) is 21.9 Å². The molecule has 0 radical (unpaired) electrons. The van der Waals surface area contributed by atoms with Gasteiger partial charge in [-0.2, -0.15) is 0 Å². The summed E-state index contributed by atoms with van der Waals surface area (Å²) in [6, 6.07) is 41.8. The second kappa shape index (κ2) is 13.7. The Morgan fingerprint density at radius 1 is 0.822 bits per heavy atom. The van der Waals surface area contributed by atoms with Crippen LogP contribution in [0.25, 0.3) is 10.2 Å². The minimum Gasteiger partial charge on any atom is -0.483 e. The van der Waals surface area contributed by atoms with E-state index < -0.39 is 7.26 Å². The SMILES string of the molecule is C[P+](c1ccccc1)(c1ccccc1)c1ccccc1C(=O)c1ccc(OCC(=O)Nc2nc3ccccc3s2)c(CCCl)c1. The van der Waals surface area contributed by atoms with Gasteiger partial charge in [-0.05, 0) is 78.7 Å². The second-order valence-electron chi connectivity index (χ2n) is 10.6. The number of para-hydroxylation sites is 1. The van der Waals surface area contributed by atoms with Crippen molar-refractivity contribution in [2.24, 2.45) is 0 Å². The Morgan fingerprint density at radius 2 is 1.47 bits per heavy atom. The van der Waals surface area contributed by atoms with Gasteiger partial charge in [0.2, 0.25) is 0 Å². The largest absolute Gasteiger partial charge is 0.483 e. The van der Waals surface area contributed by atoms with Crippen LogP contribution in [0.15, 0.2) is 127 Å². The zero-order chi connectivity index (χ0) is 31.2. The standard InChI is InChI=1S/C37H30ClN2O3PS/c1-44(28-12-4-2-5-13-28,29-14-6-3-7-15-29)33-18-10-8-16-30(33)36(42)27-20-21-32(26(24-27)22-23-38)43-25-35(41)40-37-39-31-17-9-11-19-34(31)45-37/h2-21,24H,22-23,25H2,1H3/p+1. The topological polar surface area (TPSA) is 68.3 Å². The molecule has 0 aliphatic heterocycles. The first kappa shape index (κ1) is 30.7. The summed E-state index contributed by atoms with van der Waals surface area (Å²) in [5.74, 6) is 0.476. The molecule has 0 atom stereocenters. The Morgan fingerprint density at radius 3 is 2.16 bits per heavy atom. The van der Waals surface area contributed by atoms with Crippen LogP contribution >= 0.6 is 30.2 Å². The second-order valence-corrected chi connectivity index (χ2v) is 15.5. The fourth-order valence-electron chi connectivity index (χ4n) is 5.47. The molecular weight excluding hydrogens is 619 g/mol. The summed E-state index contributed by atoms with van der Waals surface area (Å²) >= 11 is 7.57. The number of benzene rings is 5. The number of aryl methyl sites for hydroxylation is 1. The number of hydrogen-bond acceptors (Lipinski definition) is 5. The molecule has 5 nitrogen and oxygen atoms in total. The number of thiazole rings is 1. The Bertz CT molecular complexity index is 1890. The lowest BCUT2D eigenvalue weighted by Gasteiger charge is -2.25. The van der Waals surface area contributed by atoms with Crippen molar-refractivity contribution < 1.29 is 14.3 Å². The van der Waals surface area contributed by atoms with E-state index >= 15 is 0 Å². The molecule has 1 heterocycles. The van der Waals surface area contributed by atoms with Crippen molar-refractivity contribution in [3.63, 3.8) is 0 Å². The molecule has 45 heavy (non-hydrogen) atoms. The Hall–Kier alpha value is -4.35. The van der Waals surface area contributed by atoms with Gasteiger partial charge >= 0.3 is 0 Å². The highest BCUT2D eigenvalue weighted by Gasteiger charge is 2.42. The van der Waals surface area contributed by atoms with Gasteiger partial charge in [-0.1, -0.05) is 72.0 Å². The maximum absolute atomic E-state index is 14.3. The minimum absolute atomic E-state index is 0.0698. The molecule has 0 fully saturated rings. The van der Waals surface area contributed by atoms with Crippen LogP contribution in [0.3, 0.4) is 0 Å². The Kier molecular flexibility index (Phi) is 9.37. The number of hydrogen-bond donors (Lipinski definition) is 1. The van der Waals surface area contributed by atoms with E-state index in [9.17, 15) is 9.59 Å². The molecule has 0 aliphatic rings. The molecule has 1 aromatic heterocycles. The number of fused-ring (bicyclic) bond motifs is 1. The number of rotatable bonds is 11. The highest BCUT2D eigenvalue weighted by Crippen LogP contribution is 2.52. The Balaban J connectivity index is 1.27. The molecule has 0 saturated heterocycles. The minimum atomic E-state index is -2.15. The third kappa shape index (κ3) is 6.55. The van der Waals surface area contributed by atoms with Crippen LogP contribution in [0.2, 0.25) is 0 Å². The predicted molar refractivity (Wildman–Crippen MR) is 189 cm³/mol. The number of alkyl halides is 1. The molecule has 0 bridgehead atoms. The molecule has 1 N–H and O–H groups in total. The van der Waals surface area contributed by atoms with Crippen molar-refractivity contribution in [3.05, 3.63) is 144 Å². The molecule has 0 aliphatic carbocycles. The number of amides is 1. The van der Waals surface area contributed by atoms with Crippen molar-refractivity contribution in [3.8, 4) is 5.75 Å². The van der Waals surface area contributed by atoms with Crippen molar-refractivity contribution in [1.29, 1.82) is 0 Å². The predicted octanol–water partition coefficient (Wildman–Crippen LogP) is 7.25. The monoisotopic (exact) mass is 649 g/mol. The number of nitrogens with zero attached hydrogens (tertiary/aromatic N) is 1. The summed E-state index contributed by atoms with van der Waals surface area (Å²) in [4.78, 5) is 31.4. The number of aromatic nitrogens is 1. The van der Waals surface area contributed by atoms with E-state index in [-0.39, 0.29) is 18.3 Å². The zero-order valence-electron chi connectivity index (χ0n) is 24.7. The van der Waals surface area contributed by atoms with Gasteiger partial charge in [0.15, 0.2) is 17.5 Å². The van der Waals surface area contributed by atoms with Gasteiger partial charge in [-0.15, -0.1) is 11.6 Å². The van der Waals surface area contributed by atoms with Crippen LogP contribution < -0.4 is 26.0 Å². The highest BCUT2D eigenvalue weighted by atomic mass is 35.5. The number of carbonyl (C=O) groups excluding carboxylic acids is 2. The van der Waals surface area contributed by atoms with Crippen LogP contribution in [0.5, 0.6) is 5.75 Å². The lowest BCUT2D eigenvalue weighted by atomic mass is 10.00. The summed E-state index contributed by atoms with van der Waals surface area (Å²) in [6.07, 6.45) is 0.484. The van der Waals surface area contributed by atoms with E-state index in [1.54, 1.807) is 12.1 Å². The molecule has 8 heteroatoms. The normalized spacial score (nSPS) is 11.3. The summed E-state index contributed by atoms with van der Waals surface area (Å²) in [5, 5.41) is 6.77. The molecule has 0 spiro atoms. The van der Waals surface area contributed by atoms with Gasteiger partial charge in [0.25, 0.3) is 5.91 Å². The van der Waals surface area contributed by atoms with Crippen LogP contribution in [0.4, 0.5) is 5.13 Å². The summed E-state index contributed by atoms with van der Waals surface area (Å²) < 4.78 is 6.93. The third-order valence-electron chi connectivity index (χ3n) is 7.76.